The largest absolute Gasteiger partial charge is 0.497 e. The zero-order chi connectivity index (χ0) is 25.3. The second-order valence-corrected chi connectivity index (χ2v) is 9.09. The van der Waals surface area contributed by atoms with Crippen LogP contribution < -0.4 is 19.7 Å². The van der Waals surface area contributed by atoms with Crippen molar-refractivity contribution in [1.82, 2.24) is 0 Å². The zero-order valence-corrected chi connectivity index (χ0v) is 21.4. The first kappa shape index (κ1) is 24.5. The summed E-state index contributed by atoms with van der Waals surface area (Å²) in [4.78, 5) is 39.2. The highest BCUT2D eigenvalue weighted by Gasteiger charge is 2.39. The van der Waals surface area contributed by atoms with Crippen LogP contribution in [0.2, 0.25) is 0 Å². The van der Waals surface area contributed by atoms with Crippen molar-refractivity contribution < 1.29 is 23.9 Å². The van der Waals surface area contributed by atoms with Gasteiger partial charge in [-0.2, -0.15) is 0 Å². The number of carbonyl (C=O) groups is 3. The smallest absolute Gasteiger partial charge is 0.343 e. The van der Waals surface area contributed by atoms with Crippen molar-refractivity contribution in [2.45, 2.75) is 13.8 Å². The van der Waals surface area contributed by atoms with Gasteiger partial charge in [0.05, 0.1) is 18.4 Å². The predicted molar refractivity (Wildman–Crippen MR) is 137 cm³/mol. The topological polar surface area (TPSA) is 84.9 Å². The van der Waals surface area contributed by atoms with E-state index in [0.29, 0.717) is 28.4 Å². The van der Waals surface area contributed by atoms with Crippen molar-refractivity contribution in [2.24, 2.45) is 0 Å². The number of esters is 1. The maximum atomic E-state index is 12.9. The molecule has 1 heterocycles. The summed E-state index contributed by atoms with van der Waals surface area (Å²) in [5.74, 6) is -0.639. The van der Waals surface area contributed by atoms with Crippen LogP contribution in [0.3, 0.4) is 0 Å². The lowest BCUT2D eigenvalue weighted by Gasteiger charge is -2.15. The van der Waals surface area contributed by atoms with E-state index in [4.69, 9.17) is 21.1 Å². The standard InChI is InChI=1S/C26H20BrClN2O5/c1-14-12-17(27)13-15(2)23(14)35-26(33)16-4-6-18(7-5-16)29-22-21(28)24(31)30(25(22)32)19-8-10-20(34-3)11-9-19/h4-13,29H,1-3H3. The molecule has 1 aliphatic rings. The first-order chi connectivity index (χ1) is 16.7. The number of ether oxygens (including phenoxy) is 2. The molecule has 4 rings (SSSR count). The van der Waals surface area contributed by atoms with E-state index in [9.17, 15) is 14.4 Å². The molecular formula is C26H20BrClN2O5. The molecule has 2 amide bonds. The number of methoxy groups -OCH3 is 1. The fraction of sp³-hybridized carbons (Fsp3) is 0.115. The van der Waals surface area contributed by atoms with E-state index in [1.807, 2.05) is 26.0 Å². The minimum absolute atomic E-state index is 0.0519. The van der Waals surface area contributed by atoms with Gasteiger partial charge in [0.2, 0.25) is 0 Å². The normalized spacial score (nSPS) is 13.3. The lowest BCUT2D eigenvalue weighted by Crippen LogP contribution is -2.32. The number of halogens is 2. The van der Waals surface area contributed by atoms with Gasteiger partial charge in [-0.25, -0.2) is 9.69 Å². The quantitative estimate of drug-likeness (QED) is 0.238. The molecule has 9 heteroatoms. The monoisotopic (exact) mass is 554 g/mol. The SMILES string of the molecule is COc1ccc(N2C(=O)C(Cl)=C(Nc3ccc(C(=O)Oc4c(C)cc(Br)cc4C)cc3)C2=O)cc1. The molecule has 0 saturated carbocycles. The lowest BCUT2D eigenvalue weighted by atomic mass is 10.1. The maximum absolute atomic E-state index is 12.9. The van der Waals surface area contributed by atoms with Gasteiger partial charge in [-0.3, -0.25) is 9.59 Å². The van der Waals surface area contributed by atoms with Crippen molar-refractivity contribution in [1.29, 1.82) is 0 Å². The molecule has 0 spiro atoms. The molecule has 0 unspecified atom stereocenters. The molecule has 178 valence electrons. The minimum Gasteiger partial charge on any atom is -0.497 e. The van der Waals surface area contributed by atoms with Crippen molar-refractivity contribution in [2.75, 3.05) is 17.3 Å². The van der Waals surface area contributed by atoms with Gasteiger partial charge in [0.1, 0.15) is 22.2 Å². The number of hydrogen-bond acceptors (Lipinski definition) is 6. The molecule has 0 saturated heterocycles. The number of benzene rings is 3. The molecule has 0 fully saturated rings. The van der Waals surface area contributed by atoms with Gasteiger partial charge in [0, 0.05) is 10.2 Å². The van der Waals surface area contributed by atoms with Gasteiger partial charge in [0.15, 0.2) is 0 Å². The molecule has 0 aromatic heterocycles. The third-order valence-electron chi connectivity index (χ3n) is 5.37. The van der Waals surface area contributed by atoms with Crippen molar-refractivity contribution >= 4 is 56.7 Å². The van der Waals surface area contributed by atoms with Crippen LogP contribution in [0.1, 0.15) is 21.5 Å². The Hall–Kier alpha value is -3.62. The van der Waals surface area contributed by atoms with Crippen LogP contribution in [0.4, 0.5) is 11.4 Å². The van der Waals surface area contributed by atoms with Gasteiger partial charge in [-0.15, -0.1) is 0 Å². The Morgan fingerprint density at radius 3 is 2.11 bits per heavy atom. The Morgan fingerprint density at radius 2 is 1.54 bits per heavy atom. The van der Waals surface area contributed by atoms with E-state index in [1.165, 1.54) is 7.11 Å². The second-order valence-electron chi connectivity index (χ2n) is 7.79. The molecule has 1 aliphatic heterocycles. The van der Waals surface area contributed by atoms with E-state index in [1.54, 1.807) is 48.5 Å². The van der Waals surface area contributed by atoms with Gasteiger partial charge in [0.25, 0.3) is 11.8 Å². The molecule has 0 bridgehead atoms. The van der Waals surface area contributed by atoms with E-state index >= 15 is 0 Å². The summed E-state index contributed by atoms with van der Waals surface area (Å²) < 4.78 is 11.6. The number of rotatable bonds is 6. The van der Waals surface area contributed by atoms with E-state index in [2.05, 4.69) is 21.2 Å². The molecular weight excluding hydrogens is 536 g/mol. The van der Waals surface area contributed by atoms with E-state index in [-0.39, 0.29) is 10.7 Å². The van der Waals surface area contributed by atoms with Crippen LogP contribution in [0.25, 0.3) is 0 Å². The molecule has 0 atom stereocenters. The Labute approximate surface area is 215 Å². The van der Waals surface area contributed by atoms with Gasteiger partial charge in [-0.1, -0.05) is 27.5 Å². The predicted octanol–water partition coefficient (Wildman–Crippen LogP) is 5.73. The van der Waals surface area contributed by atoms with Crippen LogP contribution in [0.5, 0.6) is 11.5 Å². The molecule has 7 nitrogen and oxygen atoms in total. The zero-order valence-electron chi connectivity index (χ0n) is 19.0. The molecule has 0 aliphatic carbocycles. The van der Waals surface area contributed by atoms with Crippen molar-refractivity contribution in [3.63, 3.8) is 0 Å². The van der Waals surface area contributed by atoms with Crippen LogP contribution >= 0.6 is 27.5 Å². The number of nitrogens with zero attached hydrogens (tertiary/aromatic N) is 1. The number of carbonyl (C=O) groups excluding carboxylic acids is 3. The Bertz CT molecular complexity index is 1340. The molecule has 3 aromatic rings. The average Bonchev–Trinajstić information content (AvgIpc) is 3.04. The second kappa shape index (κ2) is 9.93. The van der Waals surface area contributed by atoms with Crippen LogP contribution in [0, 0.1) is 13.8 Å². The average molecular weight is 556 g/mol. The summed E-state index contributed by atoms with van der Waals surface area (Å²) in [5.41, 5.74) is 2.78. The number of aryl methyl sites for hydroxylation is 2. The summed E-state index contributed by atoms with van der Waals surface area (Å²) in [6, 6.07) is 16.5. The number of anilines is 2. The third kappa shape index (κ3) is 4.94. The number of hydrogen-bond donors (Lipinski definition) is 1. The van der Waals surface area contributed by atoms with Gasteiger partial charge >= 0.3 is 5.97 Å². The summed E-state index contributed by atoms with van der Waals surface area (Å²) in [5, 5.41) is 2.66. The highest BCUT2D eigenvalue weighted by molar-refractivity contribution is 9.10. The Kier molecular flexibility index (Phi) is 6.95. The first-order valence-electron chi connectivity index (χ1n) is 10.5. The van der Waals surface area contributed by atoms with E-state index in [0.717, 1.165) is 20.5 Å². The number of imide groups is 1. The molecule has 3 aromatic carbocycles. The molecule has 35 heavy (non-hydrogen) atoms. The Balaban J connectivity index is 1.48. The summed E-state index contributed by atoms with van der Waals surface area (Å²) in [6.45, 7) is 3.72. The summed E-state index contributed by atoms with van der Waals surface area (Å²) in [6.07, 6.45) is 0. The third-order valence-corrected chi connectivity index (χ3v) is 6.18. The van der Waals surface area contributed by atoms with Crippen molar-refractivity contribution in [3.8, 4) is 11.5 Å². The maximum Gasteiger partial charge on any atom is 0.343 e. The minimum atomic E-state index is -0.634. The Morgan fingerprint density at radius 1 is 0.943 bits per heavy atom. The van der Waals surface area contributed by atoms with Crippen LogP contribution in [-0.2, 0) is 9.59 Å². The number of nitrogens with one attached hydrogen (secondary N) is 1. The molecule has 0 radical (unpaired) electrons. The number of amides is 2. The highest BCUT2D eigenvalue weighted by Crippen LogP contribution is 2.31. The fourth-order valence-electron chi connectivity index (χ4n) is 3.62. The van der Waals surface area contributed by atoms with Crippen molar-refractivity contribution in [3.05, 3.63) is 92.6 Å². The van der Waals surface area contributed by atoms with Gasteiger partial charge < -0.3 is 14.8 Å². The summed E-state index contributed by atoms with van der Waals surface area (Å²) >= 11 is 9.62. The first-order valence-corrected chi connectivity index (χ1v) is 11.7. The van der Waals surface area contributed by atoms with E-state index < -0.39 is 17.8 Å². The van der Waals surface area contributed by atoms with Gasteiger partial charge in [-0.05, 0) is 85.6 Å². The van der Waals surface area contributed by atoms with Crippen LogP contribution in [0.15, 0.2) is 75.9 Å². The fourth-order valence-corrected chi connectivity index (χ4v) is 4.52. The lowest BCUT2D eigenvalue weighted by molar-refractivity contribution is -0.120. The summed E-state index contributed by atoms with van der Waals surface area (Å²) in [7, 11) is 1.52. The highest BCUT2D eigenvalue weighted by atomic mass is 79.9. The molecule has 1 N–H and O–H groups in total. The van der Waals surface area contributed by atoms with Crippen LogP contribution in [-0.4, -0.2) is 24.9 Å².